The van der Waals surface area contributed by atoms with Crippen LogP contribution in [0.15, 0.2) is 23.2 Å². The summed E-state index contributed by atoms with van der Waals surface area (Å²) < 4.78 is 25.7. The van der Waals surface area contributed by atoms with Gasteiger partial charge in [0.05, 0.1) is 19.3 Å². The van der Waals surface area contributed by atoms with Crippen LogP contribution in [0.4, 0.5) is 4.39 Å². The van der Waals surface area contributed by atoms with Gasteiger partial charge < -0.3 is 15.2 Å². The summed E-state index contributed by atoms with van der Waals surface area (Å²) in [4.78, 5) is 16.3. The lowest BCUT2D eigenvalue weighted by Gasteiger charge is -2.46. The van der Waals surface area contributed by atoms with Crippen molar-refractivity contribution in [2.24, 2.45) is 16.6 Å². The van der Waals surface area contributed by atoms with E-state index in [0.717, 1.165) is 5.75 Å². The van der Waals surface area contributed by atoms with Crippen LogP contribution in [0.5, 0.6) is 0 Å². The Hall–Kier alpha value is -1.44. The predicted octanol–water partition coefficient (Wildman–Crippen LogP) is 2.34. The number of rotatable bonds is 4. The van der Waals surface area contributed by atoms with Gasteiger partial charge in [-0.3, -0.25) is 4.79 Å². The number of aliphatic imine (C=N–C) groups is 1. The van der Waals surface area contributed by atoms with E-state index in [9.17, 15) is 9.18 Å². The zero-order valence-corrected chi connectivity index (χ0v) is 14.6. The molecule has 0 aromatic heterocycles. The summed E-state index contributed by atoms with van der Waals surface area (Å²) in [5.74, 6) is 0.311. The van der Waals surface area contributed by atoms with Gasteiger partial charge in [0.1, 0.15) is 11.4 Å². The Balaban J connectivity index is 2.06. The Kier molecular flexibility index (Phi) is 4.94. The number of carbonyl (C=O) groups excluding carboxylic acids is 1. The second-order valence-corrected chi connectivity index (χ2v) is 7.30. The summed E-state index contributed by atoms with van der Waals surface area (Å²) in [6.07, 6.45) is 0.670. The van der Waals surface area contributed by atoms with Crippen molar-refractivity contribution >= 4 is 22.7 Å². The number of Topliss-reactive ketones (excluding diaryl/α,β-unsaturated/α-hetero) is 1. The van der Waals surface area contributed by atoms with Gasteiger partial charge in [-0.25, -0.2) is 9.38 Å². The van der Waals surface area contributed by atoms with E-state index >= 15 is 0 Å². The van der Waals surface area contributed by atoms with E-state index in [1.54, 1.807) is 13.2 Å². The van der Waals surface area contributed by atoms with Gasteiger partial charge in [-0.15, -0.1) is 0 Å². The second kappa shape index (κ2) is 6.82. The zero-order chi connectivity index (χ0) is 17.3. The van der Waals surface area contributed by atoms with Crippen LogP contribution in [0.1, 0.15) is 29.3 Å². The van der Waals surface area contributed by atoms with Crippen LogP contribution in [0, 0.1) is 11.7 Å². The number of carbonyl (C=O) groups is 1. The number of hydrogen-bond acceptors (Lipinski definition) is 6. The normalized spacial score (nSPS) is 29.7. The smallest absolute Gasteiger partial charge is 0.159 e. The van der Waals surface area contributed by atoms with Crippen molar-refractivity contribution in [1.29, 1.82) is 0 Å². The van der Waals surface area contributed by atoms with E-state index in [-0.39, 0.29) is 30.2 Å². The van der Waals surface area contributed by atoms with Gasteiger partial charge in [0.15, 0.2) is 11.0 Å². The first-order chi connectivity index (χ1) is 11.5. The van der Waals surface area contributed by atoms with E-state index in [4.69, 9.17) is 15.2 Å². The minimum Gasteiger partial charge on any atom is -0.382 e. The van der Waals surface area contributed by atoms with Crippen molar-refractivity contribution in [2.45, 2.75) is 25.0 Å². The predicted molar refractivity (Wildman–Crippen MR) is 91.9 cm³/mol. The Morgan fingerprint density at radius 3 is 3.08 bits per heavy atom. The fourth-order valence-electron chi connectivity index (χ4n) is 3.42. The number of nitrogens with zero attached hydrogens (tertiary/aromatic N) is 1. The monoisotopic (exact) mass is 352 g/mol. The maximum absolute atomic E-state index is 14.6. The van der Waals surface area contributed by atoms with Crippen molar-refractivity contribution in [3.05, 3.63) is 35.1 Å². The number of methoxy groups -OCH3 is 1. The second-order valence-electron chi connectivity index (χ2n) is 6.26. The fourth-order valence-corrected chi connectivity index (χ4v) is 4.43. The van der Waals surface area contributed by atoms with Gasteiger partial charge >= 0.3 is 0 Å². The standard InChI is InChI=1S/C17H21FN2O3S/c1-10(21)11-3-4-15(18)14(5-11)17-9-23-13(7-22-2)6-12(17)8-24-16(19)20-17/h3-5,12-13H,6-9H2,1-2H3,(H2,19,20)/t12?,13-,17?/m1/s1. The number of ether oxygens (including phenoxy) is 2. The highest BCUT2D eigenvalue weighted by Crippen LogP contribution is 2.46. The van der Waals surface area contributed by atoms with E-state index in [0.29, 0.717) is 29.3 Å². The molecule has 1 aromatic carbocycles. The van der Waals surface area contributed by atoms with Crippen molar-refractivity contribution in [1.82, 2.24) is 0 Å². The van der Waals surface area contributed by atoms with Crippen LogP contribution in [0.2, 0.25) is 0 Å². The first kappa shape index (κ1) is 17.4. The van der Waals surface area contributed by atoms with Gasteiger partial charge in [0.25, 0.3) is 0 Å². The number of ketones is 1. The lowest BCUT2D eigenvalue weighted by molar-refractivity contribution is -0.0837. The third-order valence-electron chi connectivity index (χ3n) is 4.70. The van der Waals surface area contributed by atoms with Crippen LogP contribution in [-0.2, 0) is 15.0 Å². The number of fused-ring (bicyclic) bond motifs is 1. The maximum Gasteiger partial charge on any atom is 0.159 e. The molecule has 3 atom stereocenters. The molecule has 2 aliphatic heterocycles. The molecule has 2 N–H and O–H groups in total. The average Bonchev–Trinajstić information content (AvgIpc) is 2.55. The summed E-state index contributed by atoms with van der Waals surface area (Å²) in [5, 5.41) is 0.424. The van der Waals surface area contributed by atoms with E-state index in [1.165, 1.54) is 30.8 Å². The number of nitrogens with two attached hydrogens (primary N) is 1. The van der Waals surface area contributed by atoms with Crippen LogP contribution in [-0.4, -0.2) is 43.1 Å². The third-order valence-corrected chi connectivity index (χ3v) is 5.65. The van der Waals surface area contributed by atoms with Crippen molar-refractivity contribution in [3.63, 3.8) is 0 Å². The highest BCUT2D eigenvalue weighted by Gasteiger charge is 2.49. The van der Waals surface area contributed by atoms with Gasteiger partial charge in [-0.1, -0.05) is 11.8 Å². The molecule has 2 heterocycles. The summed E-state index contributed by atoms with van der Waals surface area (Å²) >= 11 is 1.48. The lowest BCUT2D eigenvalue weighted by atomic mass is 9.74. The molecule has 1 aromatic rings. The number of amidine groups is 1. The highest BCUT2D eigenvalue weighted by molar-refractivity contribution is 8.13. The molecule has 24 heavy (non-hydrogen) atoms. The molecular formula is C17H21FN2O3S. The quantitative estimate of drug-likeness (QED) is 0.842. The van der Waals surface area contributed by atoms with Crippen molar-refractivity contribution in [3.8, 4) is 0 Å². The summed E-state index contributed by atoms with van der Waals surface area (Å²) in [6.45, 7) is 2.18. The first-order valence-electron chi connectivity index (χ1n) is 7.86. The highest BCUT2D eigenvalue weighted by atomic mass is 32.2. The molecule has 130 valence electrons. The topological polar surface area (TPSA) is 73.9 Å². The number of halogens is 1. The molecule has 2 aliphatic rings. The zero-order valence-electron chi connectivity index (χ0n) is 13.8. The van der Waals surface area contributed by atoms with E-state index < -0.39 is 5.54 Å². The number of benzene rings is 1. The summed E-state index contributed by atoms with van der Waals surface area (Å²) in [5.41, 5.74) is 5.92. The van der Waals surface area contributed by atoms with Crippen molar-refractivity contribution < 1.29 is 18.7 Å². The molecular weight excluding hydrogens is 331 g/mol. The average molecular weight is 352 g/mol. The van der Waals surface area contributed by atoms with Gasteiger partial charge in [0, 0.05) is 29.9 Å². The largest absolute Gasteiger partial charge is 0.382 e. The Morgan fingerprint density at radius 1 is 1.58 bits per heavy atom. The van der Waals surface area contributed by atoms with Crippen molar-refractivity contribution in [2.75, 3.05) is 26.1 Å². The summed E-state index contributed by atoms with van der Waals surface area (Å²) in [7, 11) is 1.63. The molecule has 1 saturated heterocycles. The van der Waals surface area contributed by atoms with Gasteiger partial charge in [-0.05, 0) is 31.5 Å². The molecule has 2 unspecified atom stereocenters. The maximum atomic E-state index is 14.6. The van der Waals surface area contributed by atoms with Gasteiger partial charge in [0.2, 0.25) is 0 Å². The molecule has 0 spiro atoms. The van der Waals surface area contributed by atoms with E-state index in [1.807, 2.05) is 0 Å². The molecule has 0 aliphatic carbocycles. The van der Waals surface area contributed by atoms with Gasteiger partial charge in [-0.2, -0.15) is 0 Å². The molecule has 0 radical (unpaired) electrons. The minimum absolute atomic E-state index is 0.0395. The van der Waals surface area contributed by atoms with Crippen LogP contribution < -0.4 is 5.73 Å². The van der Waals surface area contributed by atoms with Crippen LogP contribution >= 0.6 is 11.8 Å². The number of thioether (sulfide) groups is 1. The Morgan fingerprint density at radius 2 is 2.38 bits per heavy atom. The van der Waals surface area contributed by atoms with Crippen LogP contribution in [0.3, 0.4) is 0 Å². The Labute approximate surface area is 144 Å². The summed E-state index contributed by atoms with van der Waals surface area (Å²) in [6, 6.07) is 4.42. The molecule has 3 rings (SSSR count). The van der Waals surface area contributed by atoms with Crippen LogP contribution in [0.25, 0.3) is 0 Å². The first-order valence-corrected chi connectivity index (χ1v) is 8.84. The lowest BCUT2D eigenvalue weighted by Crippen LogP contribution is -2.51. The number of hydrogen-bond donors (Lipinski definition) is 1. The molecule has 0 amide bonds. The molecule has 0 bridgehead atoms. The molecule has 1 fully saturated rings. The minimum atomic E-state index is -0.880. The molecule has 7 heteroatoms. The molecule has 5 nitrogen and oxygen atoms in total. The molecule has 0 saturated carbocycles. The Bertz CT molecular complexity index is 682. The SMILES string of the molecule is COC[C@H]1CC2CSC(N)=NC2(c2cc(C(C)=O)ccc2F)CO1. The third kappa shape index (κ3) is 3.08. The van der Waals surface area contributed by atoms with E-state index in [2.05, 4.69) is 4.99 Å². The fraction of sp³-hybridized carbons (Fsp3) is 0.529.